The lowest BCUT2D eigenvalue weighted by atomic mass is 9.99. The Morgan fingerprint density at radius 1 is 1.42 bits per heavy atom. The molecule has 1 unspecified atom stereocenters. The predicted molar refractivity (Wildman–Crippen MR) is 87.8 cm³/mol. The number of ether oxygens (including phenoxy) is 2. The Balaban J connectivity index is 2.05. The zero-order valence-corrected chi connectivity index (χ0v) is 14.4. The van der Waals surface area contributed by atoms with Crippen LogP contribution in [0.1, 0.15) is 24.5 Å². The van der Waals surface area contributed by atoms with E-state index in [-0.39, 0.29) is 24.6 Å². The van der Waals surface area contributed by atoms with Crippen LogP contribution in [0.2, 0.25) is 0 Å². The number of likely N-dealkylation sites (tertiary alicyclic amines) is 1. The molecule has 1 aromatic rings. The summed E-state index contributed by atoms with van der Waals surface area (Å²) in [4.78, 5) is 23.7. The molecule has 0 radical (unpaired) electrons. The van der Waals surface area contributed by atoms with Crippen LogP contribution in [-0.2, 0) is 9.47 Å². The lowest BCUT2D eigenvalue weighted by molar-refractivity contribution is 0.00799. The molecular weight excluding hydrogens is 350 g/mol. The van der Waals surface area contributed by atoms with Gasteiger partial charge in [0.05, 0.1) is 20.3 Å². The zero-order chi connectivity index (χ0) is 19.1. The van der Waals surface area contributed by atoms with Crippen LogP contribution < -0.4 is 5.32 Å². The summed E-state index contributed by atoms with van der Waals surface area (Å²) in [5, 5.41) is 11.5. The summed E-state index contributed by atoms with van der Waals surface area (Å²) in [6.07, 6.45) is -1.16. The summed E-state index contributed by atoms with van der Waals surface area (Å²) in [6, 6.07) is 3.73. The molecule has 26 heavy (non-hydrogen) atoms. The van der Waals surface area contributed by atoms with E-state index in [1.165, 1.54) is 24.1 Å². The zero-order valence-electron chi connectivity index (χ0n) is 14.4. The first-order valence-corrected chi connectivity index (χ1v) is 8.27. The fraction of sp³-hybridized carbons (Fsp3) is 0.529. The number of carboxylic acid groups (broad SMARTS) is 1. The Morgan fingerprint density at radius 3 is 2.88 bits per heavy atom. The van der Waals surface area contributed by atoms with Crippen LogP contribution in [0.3, 0.4) is 0 Å². The van der Waals surface area contributed by atoms with Crippen molar-refractivity contribution in [3.05, 3.63) is 35.4 Å². The van der Waals surface area contributed by atoms with Gasteiger partial charge in [0, 0.05) is 24.6 Å². The number of amides is 2. The van der Waals surface area contributed by atoms with E-state index in [1.54, 1.807) is 0 Å². The third-order valence-corrected chi connectivity index (χ3v) is 4.27. The molecule has 0 aliphatic carbocycles. The van der Waals surface area contributed by atoms with Gasteiger partial charge in [0.2, 0.25) is 0 Å². The SMILES string of the molecule is COC(=O)NC[C@H](OCC1CCCN(C(=O)O)C1)c1cccc(F)c1F. The molecule has 7 nitrogen and oxygen atoms in total. The van der Waals surface area contributed by atoms with Gasteiger partial charge in [-0.05, 0) is 18.9 Å². The standard InChI is InChI=1S/C17H22F2N2O5/c1-25-16(22)20-8-14(12-5-2-6-13(18)15(12)19)26-10-11-4-3-7-21(9-11)17(23)24/h2,5-6,11,14H,3-4,7-10H2,1H3,(H,20,22)(H,23,24)/t11?,14-/m0/s1. The topological polar surface area (TPSA) is 88.1 Å². The van der Waals surface area contributed by atoms with E-state index in [4.69, 9.17) is 9.84 Å². The van der Waals surface area contributed by atoms with Gasteiger partial charge in [0.1, 0.15) is 6.10 Å². The Labute approximate surface area is 149 Å². The number of hydrogen-bond donors (Lipinski definition) is 2. The van der Waals surface area contributed by atoms with E-state index >= 15 is 0 Å². The van der Waals surface area contributed by atoms with Crippen molar-refractivity contribution < 1.29 is 33.0 Å². The molecule has 1 heterocycles. The molecule has 144 valence electrons. The fourth-order valence-electron chi connectivity index (χ4n) is 2.90. The van der Waals surface area contributed by atoms with E-state index in [0.717, 1.165) is 12.5 Å². The summed E-state index contributed by atoms with van der Waals surface area (Å²) < 4.78 is 37.8. The van der Waals surface area contributed by atoms with Crippen LogP contribution >= 0.6 is 0 Å². The summed E-state index contributed by atoms with van der Waals surface area (Å²) in [5.74, 6) is -2.11. The minimum Gasteiger partial charge on any atom is -0.465 e. The molecule has 2 N–H and O–H groups in total. The molecule has 0 bridgehead atoms. The predicted octanol–water partition coefficient (Wildman–Crippen LogP) is 2.77. The van der Waals surface area contributed by atoms with Gasteiger partial charge in [-0.15, -0.1) is 0 Å². The minimum absolute atomic E-state index is 0.0210. The first-order chi connectivity index (χ1) is 12.4. The van der Waals surface area contributed by atoms with Crippen LogP contribution in [0.4, 0.5) is 18.4 Å². The lowest BCUT2D eigenvalue weighted by Crippen LogP contribution is -2.40. The fourth-order valence-corrected chi connectivity index (χ4v) is 2.90. The van der Waals surface area contributed by atoms with Crippen LogP contribution in [0, 0.1) is 17.6 Å². The number of rotatable bonds is 6. The lowest BCUT2D eigenvalue weighted by Gasteiger charge is -2.31. The maximum atomic E-state index is 14.1. The number of hydrogen-bond acceptors (Lipinski definition) is 4. The maximum absolute atomic E-state index is 14.1. The van der Waals surface area contributed by atoms with Gasteiger partial charge in [-0.25, -0.2) is 18.4 Å². The number of piperidine rings is 1. The third kappa shape index (κ3) is 5.29. The molecule has 1 aliphatic heterocycles. The van der Waals surface area contributed by atoms with Gasteiger partial charge in [0.15, 0.2) is 11.6 Å². The molecule has 1 aromatic carbocycles. The van der Waals surface area contributed by atoms with Gasteiger partial charge in [-0.3, -0.25) is 0 Å². The van der Waals surface area contributed by atoms with Crippen molar-refractivity contribution in [3.8, 4) is 0 Å². The first kappa shape index (κ1) is 19.9. The Bertz CT molecular complexity index is 644. The van der Waals surface area contributed by atoms with Crippen molar-refractivity contribution in [2.45, 2.75) is 18.9 Å². The minimum atomic E-state index is -1.04. The second kappa shape index (κ2) is 9.33. The Morgan fingerprint density at radius 2 is 2.19 bits per heavy atom. The van der Waals surface area contributed by atoms with E-state index < -0.39 is 29.9 Å². The quantitative estimate of drug-likeness (QED) is 0.802. The number of nitrogens with one attached hydrogen (secondary N) is 1. The second-order valence-electron chi connectivity index (χ2n) is 6.07. The third-order valence-electron chi connectivity index (χ3n) is 4.27. The van der Waals surface area contributed by atoms with Gasteiger partial charge < -0.3 is 24.8 Å². The molecule has 0 aromatic heterocycles. The number of methoxy groups -OCH3 is 1. The monoisotopic (exact) mass is 372 g/mol. The van der Waals surface area contributed by atoms with Crippen molar-refractivity contribution in [3.63, 3.8) is 0 Å². The number of alkyl carbamates (subject to hydrolysis) is 1. The van der Waals surface area contributed by atoms with E-state index in [2.05, 4.69) is 10.1 Å². The van der Waals surface area contributed by atoms with Crippen molar-refractivity contribution >= 4 is 12.2 Å². The first-order valence-electron chi connectivity index (χ1n) is 8.27. The van der Waals surface area contributed by atoms with Crippen molar-refractivity contribution in [2.24, 2.45) is 5.92 Å². The number of nitrogens with zero attached hydrogens (tertiary/aromatic N) is 1. The number of halogens is 2. The molecule has 9 heteroatoms. The maximum Gasteiger partial charge on any atom is 0.407 e. The molecule has 2 amide bonds. The molecule has 0 saturated carbocycles. The number of benzene rings is 1. The average Bonchev–Trinajstić information content (AvgIpc) is 2.64. The van der Waals surface area contributed by atoms with Crippen LogP contribution in [0.5, 0.6) is 0 Å². The summed E-state index contributed by atoms with van der Waals surface area (Å²) in [5.41, 5.74) is -0.0210. The Hall–Kier alpha value is -2.42. The molecule has 1 fully saturated rings. The summed E-state index contributed by atoms with van der Waals surface area (Å²) in [7, 11) is 1.19. The highest BCUT2D eigenvalue weighted by molar-refractivity contribution is 5.66. The van der Waals surface area contributed by atoms with Gasteiger partial charge in [-0.1, -0.05) is 12.1 Å². The van der Waals surface area contributed by atoms with Gasteiger partial charge in [-0.2, -0.15) is 0 Å². The van der Waals surface area contributed by atoms with Crippen LogP contribution in [-0.4, -0.2) is 55.5 Å². The highest BCUT2D eigenvalue weighted by atomic mass is 19.2. The summed E-state index contributed by atoms with van der Waals surface area (Å²) >= 11 is 0. The molecule has 2 rings (SSSR count). The highest BCUT2D eigenvalue weighted by Crippen LogP contribution is 2.25. The largest absolute Gasteiger partial charge is 0.465 e. The van der Waals surface area contributed by atoms with Crippen molar-refractivity contribution in [2.75, 3.05) is 33.4 Å². The molecule has 0 spiro atoms. The average molecular weight is 372 g/mol. The highest BCUT2D eigenvalue weighted by Gasteiger charge is 2.26. The van der Waals surface area contributed by atoms with Gasteiger partial charge >= 0.3 is 12.2 Å². The van der Waals surface area contributed by atoms with Gasteiger partial charge in [0.25, 0.3) is 0 Å². The molecular formula is C17H22F2N2O5. The number of carbonyl (C=O) groups is 2. The van der Waals surface area contributed by atoms with E-state index in [9.17, 15) is 18.4 Å². The smallest absolute Gasteiger partial charge is 0.407 e. The molecule has 2 atom stereocenters. The normalized spacial score (nSPS) is 18.3. The molecule has 1 aliphatic rings. The van der Waals surface area contributed by atoms with Crippen LogP contribution in [0.15, 0.2) is 18.2 Å². The Kier molecular flexibility index (Phi) is 7.14. The summed E-state index contributed by atoms with van der Waals surface area (Å²) in [6.45, 7) is 0.839. The van der Waals surface area contributed by atoms with E-state index in [0.29, 0.717) is 19.5 Å². The molecule has 1 saturated heterocycles. The van der Waals surface area contributed by atoms with Crippen LogP contribution in [0.25, 0.3) is 0 Å². The number of carbonyl (C=O) groups excluding carboxylic acids is 1. The van der Waals surface area contributed by atoms with Crippen molar-refractivity contribution in [1.29, 1.82) is 0 Å². The van der Waals surface area contributed by atoms with Crippen molar-refractivity contribution in [1.82, 2.24) is 10.2 Å². The van der Waals surface area contributed by atoms with E-state index in [1.807, 2.05) is 0 Å². The second-order valence-corrected chi connectivity index (χ2v) is 6.07.